The van der Waals surface area contributed by atoms with Crippen LogP contribution in [0.15, 0.2) is 84.4 Å². The van der Waals surface area contributed by atoms with Crippen molar-refractivity contribution in [2.75, 3.05) is 20.1 Å². The Labute approximate surface area is 231 Å². The highest BCUT2D eigenvalue weighted by Crippen LogP contribution is 2.29. The Hall–Kier alpha value is -3.30. The van der Waals surface area contributed by atoms with Crippen molar-refractivity contribution in [3.05, 3.63) is 113 Å². The molecular formula is C35H46N2O. The largest absolute Gasteiger partial charge is 0.317 e. The predicted octanol–water partition coefficient (Wildman–Crippen LogP) is 8.51. The zero-order valence-corrected chi connectivity index (χ0v) is 24.5. The third-order valence-electron chi connectivity index (χ3n) is 6.95. The van der Waals surface area contributed by atoms with E-state index in [-0.39, 0.29) is 5.78 Å². The van der Waals surface area contributed by atoms with E-state index in [1.165, 1.54) is 16.7 Å². The van der Waals surface area contributed by atoms with E-state index in [0.717, 1.165) is 48.3 Å². The Balaban J connectivity index is 0.000000387. The fourth-order valence-electron chi connectivity index (χ4n) is 4.59. The third-order valence-corrected chi connectivity index (χ3v) is 6.95. The second kappa shape index (κ2) is 15.8. The first-order valence-corrected chi connectivity index (χ1v) is 14.0. The molecule has 1 N–H and O–H groups in total. The third kappa shape index (κ3) is 8.63. The number of Topliss-reactive ketones (excluding diaryl/α,β-unsaturated/α-hetero) is 1. The zero-order chi connectivity index (χ0) is 28.1. The van der Waals surface area contributed by atoms with Crippen molar-refractivity contribution in [2.45, 2.75) is 60.3 Å². The van der Waals surface area contributed by atoms with E-state index < -0.39 is 0 Å². The van der Waals surface area contributed by atoms with Crippen LogP contribution in [0.3, 0.4) is 0 Å². The highest BCUT2D eigenvalue weighted by Gasteiger charge is 2.18. The van der Waals surface area contributed by atoms with Gasteiger partial charge < -0.3 is 5.32 Å². The molecule has 1 saturated heterocycles. The summed E-state index contributed by atoms with van der Waals surface area (Å²) in [5.41, 5.74) is 8.66. The Morgan fingerprint density at radius 3 is 1.95 bits per heavy atom. The standard InChI is InChI=1S/C24H28N2O.C9H12.C2H6/c1-16-5-6-22(18(3)27)15-23(16)24(25-4)21-9-7-19(8-10-21)17(2)20-11-13-26-14-12-20;1-8(2)9-6-4-3-5-7-9;1-2/h5-10,15,20,26H,2,11-14H2,1,3-4H3;3-8H,1-2H3;1-2H3. The van der Waals surface area contributed by atoms with Gasteiger partial charge in [0.1, 0.15) is 0 Å². The summed E-state index contributed by atoms with van der Waals surface area (Å²) < 4.78 is 0. The number of nitrogens with one attached hydrogen (secondary N) is 1. The molecule has 3 nitrogen and oxygen atoms in total. The van der Waals surface area contributed by atoms with Crippen LogP contribution >= 0.6 is 0 Å². The first-order chi connectivity index (χ1) is 18.3. The minimum atomic E-state index is 0.0697. The second-order valence-corrected chi connectivity index (χ2v) is 9.85. The van der Waals surface area contributed by atoms with E-state index in [1.807, 2.05) is 38.1 Å². The van der Waals surface area contributed by atoms with E-state index in [0.29, 0.717) is 17.4 Å². The van der Waals surface area contributed by atoms with Crippen LogP contribution in [0, 0.1) is 12.8 Å². The van der Waals surface area contributed by atoms with Crippen molar-refractivity contribution in [3.8, 4) is 0 Å². The number of nitrogens with zero attached hydrogens (tertiary/aromatic N) is 1. The molecule has 1 aliphatic rings. The number of ketones is 1. The number of hydrogen-bond donors (Lipinski definition) is 1. The Morgan fingerprint density at radius 2 is 1.45 bits per heavy atom. The molecule has 0 saturated carbocycles. The summed E-state index contributed by atoms with van der Waals surface area (Å²) in [5, 5.41) is 3.41. The van der Waals surface area contributed by atoms with Gasteiger partial charge in [-0.3, -0.25) is 9.79 Å². The number of rotatable bonds is 6. The van der Waals surface area contributed by atoms with Gasteiger partial charge >= 0.3 is 0 Å². The smallest absolute Gasteiger partial charge is 0.159 e. The highest BCUT2D eigenvalue weighted by atomic mass is 16.1. The molecule has 0 unspecified atom stereocenters. The quantitative estimate of drug-likeness (QED) is 0.267. The molecule has 3 heteroatoms. The lowest BCUT2D eigenvalue weighted by molar-refractivity contribution is 0.101. The molecule has 4 rings (SSSR count). The van der Waals surface area contributed by atoms with E-state index in [2.05, 4.69) is 86.2 Å². The molecule has 0 spiro atoms. The van der Waals surface area contributed by atoms with Crippen LogP contribution in [-0.4, -0.2) is 31.6 Å². The summed E-state index contributed by atoms with van der Waals surface area (Å²) in [6.07, 6.45) is 2.30. The van der Waals surface area contributed by atoms with Crippen LogP contribution in [0.2, 0.25) is 0 Å². The van der Waals surface area contributed by atoms with Gasteiger partial charge in [-0.15, -0.1) is 0 Å². The molecule has 3 aromatic rings. The minimum absolute atomic E-state index is 0.0697. The predicted molar refractivity (Wildman–Crippen MR) is 166 cm³/mol. The van der Waals surface area contributed by atoms with Crippen LogP contribution in [0.1, 0.15) is 91.6 Å². The summed E-state index contributed by atoms with van der Waals surface area (Å²) in [5.74, 6) is 1.29. The van der Waals surface area contributed by atoms with Gasteiger partial charge in [-0.25, -0.2) is 0 Å². The van der Waals surface area contributed by atoms with Crippen LogP contribution in [0.4, 0.5) is 0 Å². The van der Waals surface area contributed by atoms with Gasteiger partial charge in [-0.05, 0) is 79.9 Å². The van der Waals surface area contributed by atoms with Gasteiger partial charge in [0.2, 0.25) is 0 Å². The molecule has 1 aliphatic heterocycles. The van der Waals surface area contributed by atoms with Gasteiger partial charge in [0.25, 0.3) is 0 Å². The molecule has 38 heavy (non-hydrogen) atoms. The normalized spacial score (nSPS) is 13.6. The van der Waals surface area contributed by atoms with Crippen LogP contribution < -0.4 is 5.32 Å². The molecule has 202 valence electrons. The SMILES string of the molecule is C=C(c1ccc(C(=NC)c2cc(C(C)=O)ccc2C)cc1)C1CCNCC1.CC.CC(C)c1ccccc1. The minimum Gasteiger partial charge on any atom is -0.317 e. The number of aliphatic imine (C=N–C) groups is 1. The maximum Gasteiger partial charge on any atom is 0.159 e. The fourth-order valence-corrected chi connectivity index (χ4v) is 4.59. The lowest BCUT2D eigenvalue weighted by atomic mass is 9.86. The molecule has 0 atom stereocenters. The van der Waals surface area contributed by atoms with Gasteiger partial charge in [0.15, 0.2) is 5.78 Å². The topological polar surface area (TPSA) is 41.5 Å². The number of allylic oxidation sites excluding steroid dienone is 1. The maximum absolute atomic E-state index is 11.8. The van der Waals surface area contributed by atoms with Crippen LogP contribution in [0.25, 0.3) is 5.57 Å². The van der Waals surface area contributed by atoms with E-state index in [1.54, 1.807) is 14.0 Å². The van der Waals surface area contributed by atoms with E-state index >= 15 is 0 Å². The molecule has 0 amide bonds. The molecule has 1 heterocycles. The maximum atomic E-state index is 11.8. The lowest BCUT2D eigenvalue weighted by Crippen LogP contribution is -2.28. The monoisotopic (exact) mass is 510 g/mol. The van der Waals surface area contributed by atoms with Crippen molar-refractivity contribution < 1.29 is 4.79 Å². The van der Waals surface area contributed by atoms with Gasteiger partial charge in [0, 0.05) is 23.7 Å². The summed E-state index contributed by atoms with van der Waals surface area (Å²) in [7, 11) is 1.80. The van der Waals surface area contributed by atoms with Crippen LogP contribution in [-0.2, 0) is 0 Å². The molecule has 0 aromatic heterocycles. The van der Waals surface area contributed by atoms with E-state index in [9.17, 15) is 4.79 Å². The number of hydrogen-bond acceptors (Lipinski definition) is 3. The lowest BCUT2D eigenvalue weighted by Gasteiger charge is -2.25. The Bertz CT molecular complexity index is 1180. The summed E-state index contributed by atoms with van der Waals surface area (Å²) in [6.45, 7) is 18.5. The van der Waals surface area contributed by atoms with Crippen molar-refractivity contribution in [1.82, 2.24) is 5.32 Å². The van der Waals surface area contributed by atoms with Crippen molar-refractivity contribution in [1.29, 1.82) is 0 Å². The number of carbonyl (C=O) groups excluding carboxylic acids is 1. The number of carbonyl (C=O) groups is 1. The Morgan fingerprint density at radius 1 is 0.895 bits per heavy atom. The Kier molecular flexibility index (Phi) is 12.9. The number of aryl methyl sites for hydroxylation is 1. The fraction of sp³-hybridized carbons (Fsp3) is 0.371. The first-order valence-electron chi connectivity index (χ1n) is 14.0. The zero-order valence-electron chi connectivity index (χ0n) is 24.5. The molecule has 0 bridgehead atoms. The average Bonchev–Trinajstić information content (AvgIpc) is 2.96. The second-order valence-electron chi connectivity index (χ2n) is 9.85. The molecule has 0 radical (unpaired) electrons. The van der Waals surface area contributed by atoms with E-state index in [4.69, 9.17) is 0 Å². The molecule has 1 fully saturated rings. The summed E-state index contributed by atoms with van der Waals surface area (Å²) >= 11 is 0. The van der Waals surface area contributed by atoms with Crippen molar-refractivity contribution in [2.24, 2.45) is 10.9 Å². The van der Waals surface area contributed by atoms with Gasteiger partial charge in [-0.2, -0.15) is 0 Å². The molecule has 0 aliphatic carbocycles. The molecular weight excluding hydrogens is 464 g/mol. The van der Waals surface area contributed by atoms with Crippen molar-refractivity contribution >= 4 is 17.1 Å². The highest BCUT2D eigenvalue weighted by molar-refractivity contribution is 6.14. The number of piperidine rings is 1. The average molecular weight is 511 g/mol. The summed E-state index contributed by atoms with van der Waals surface area (Å²) in [6, 6.07) is 24.9. The number of benzene rings is 3. The van der Waals surface area contributed by atoms with Gasteiger partial charge in [0.05, 0.1) is 5.71 Å². The summed E-state index contributed by atoms with van der Waals surface area (Å²) in [4.78, 5) is 16.3. The van der Waals surface area contributed by atoms with Crippen LogP contribution in [0.5, 0.6) is 0 Å². The first kappa shape index (κ1) is 30.9. The molecule has 3 aromatic carbocycles. The van der Waals surface area contributed by atoms with Gasteiger partial charge in [-0.1, -0.05) is 101 Å². The van der Waals surface area contributed by atoms with Crippen molar-refractivity contribution in [3.63, 3.8) is 0 Å².